The third-order valence-electron chi connectivity index (χ3n) is 5.96. The van der Waals surface area contributed by atoms with Crippen molar-refractivity contribution in [1.29, 1.82) is 0 Å². The molecule has 0 aromatic heterocycles. The summed E-state index contributed by atoms with van der Waals surface area (Å²) < 4.78 is 9.60. The summed E-state index contributed by atoms with van der Waals surface area (Å²) in [5.41, 5.74) is 2.05. The Labute approximate surface area is 202 Å². The molecular weight excluding hydrogens is 521 g/mol. The van der Waals surface area contributed by atoms with Crippen molar-refractivity contribution < 1.29 is 18.0 Å². The van der Waals surface area contributed by atoms with Crippen molar-refractivity contribution in [1.82, 2.24) is 0 Å². The molecule has 0 amide bonds. The van der Waals surface area contributed by atoms with Crippen molar-refractivity contribution in [2.24, 2.45) is 0 Å². The van der Waals surface area contributed by atoms with E-state index in [4.69, 9.17) is 3.17 Å². The average Bonchev–Trinajstić information content (AvgIpc) is 2.84. The van der Waals surface area contributed by atoms with Crippen LogP contribution in [0.15, 0.2) is 54.6 Å². The van der Waals surface area contributed by atoms with Gasteiger partial charge < -0.3 is 0 Å². The van der Waals surface area contributed by atoms with Gasteiger partial charge in [-0.05, 0) is 0 Å². The van der Waals surface area contributed by atoms with Gasteiger partial charge in [0.1, 0.15) is 0 Å². The molecule has 2 rings (SSSR count). The molecule has 0 saturated carbocycles. The van der Waals surface area contributed by atoms with Gasteiger partial charge in [0.15, 0.2) is 0 Å². The molecule has 2 aromatic rings. The molecule has 2 aromatic carbocycles. The van der Waals surface area contributed by atoms with Crippen LogP contribution in [-0.2, 0) is 7.97 Å². The minimum absolute atomic E-state index is 0.215. The number of rotatable bonds is 15. The molecule has 6 heteroatoms. The number of aliphatic carboxylic acids is 1. The number of nitrogens with zero attached hydrogens (tertiary/aromatic N) is 1. The molecule has 0 aliphatic carbocycles. The van der Waals surface area contributed by atoms with Gasteiger partial charge in [0.2, 0.25) is 0 Å². The Balaban J connectivity index is 2.23. The van der Waals surface area contributed by atoms with Gasteiger partial charge in [-0.1, -0.05) is 0 Å². The van der Waals surface area contributed by atoms with Crippen LogP contribution in [-0.4, -0.2) is 34.8 Å². The molecule has 0 aliphatic rings. The zero-order valence-electron chi connectivity index (χ0n) is 20.3. The summed E-state index contributed by atoms with van der Waals surface area (Å²) >= 11 is -3.07. The van der Waals surface area contributed by atoms with Crippen LogP contribution >= 0.6 is 0 Å². The second-order valence-corrected chi connectivity index (χ2v) is 20.2. The Kier molecular flexibility index (Phi) is 11.6. The maximum absolute atomic E-state index is 13.1. The Hall–Kier alpha value is -2.15. The summed E-state index contributed by atoms with van der Waals surface area (Å²) in [4.78, 5) is 25.6. The van der Waals surface area contributed by atoms with Gasteiger partial charge in [0.05, 0.1) is 0 Å². The number of hydrogen-bond acceptors (Lipinski definition) is 3. The van der Waals surface area contributed by atoms with Crippen LogP contribution < -0.4 is 0 Å². The average molecular weight is 559 g/mol. The number of carboxylic acid groups (broad SMARTS) is 1. The maximum atomic E-state index is 13.1. The van der Waals surface area contributed by atoms with Crippen molar-refractivity contribution in [3.8, 4) is 0 Å². The summed E-state index contributed by atoms with van der Waals surface area (Å²) in [5.74, 6) is -0.985. The van der Waals surface area contributed by atoms with Crippen molar-refractivity contribution in [3.05, 3.63) is 70.6 Å². The van der Waals surface area contributed by atoms with E-state index in [-0.39, 0.29) is 5.57 Å². The molecule has 33 heavy (non-hydrogen) atoms. The third-order valence-corrected chi connectivity index (χ3v) is 18.4. The number of unbranched alkanes of at least 4 members (excludes halogenated alkanes) is 3. The second kappa shape index (κ2) is 14.2. The SMILES string of the molecule is CCC[CH2][Sn]([CH2]CCC)([CH2]CCC)[O][N+](=O)c1ccc(/C=C(\C(=O)O)c2ccccc2)cc1. The Bertz CT molecular complexity index is 888. The summed E-state index contributed by atoms with van der Waals surface area (Å²) in [6, 6.07) is 16.0. The summed E-state index contributed by atoms with van der Waals surface area (Å²) in [5, 5.41) is 9.63. The standard InChI is InChI=1S/C15H11NO4.3C4H9.Sn/c17-15(18)14(12-4-2-1-3-5-12)10-11-6-8-13(9-7-11)16(19)20;3*1-3-4-2;/h1-10H,(H,17,18);3*1,3-4H2,2H3;/q;;;;+1/b14-10-;;;;. The first kappa shape index (κ1) is 27.1. The van der Waals surface area contributed by atoms with E-state index in [9.17, 15) is 14.8 Å². The first-order valence-electron chi connectivity index (χ1n) is 12.2. The van der Waals surface area contributed by atoms with Gasteiger partial charge in [-0.2, -0.15) is 0 Å². The van der Waals surface area contributed by atoms with Gasteiger partial charge in [-0.25, -0.2) is 0 Å². The number of benzene rings is 2. The predicted octanol–water partition coefficient (Wildman–Crippen LogP) is 8.00. The zero-order valence-corrected chi connectivity index (χ0v) is 23.1. The molecule has 0 saturated heterocycles. The normalized spacial score (nSPS) is 11.9. The molecule has 0 aliphatic heterocycles. The van der Waals surface area contributed by atoms with Crippen LogP contribution in [0.3, 0.4) is 0 Å². The quantitative estimate of drug-likeness (QED) is 0.104. The van der Waals surface area contributed by atoms with Gasteiger partial charge in [0, 0.05) is 0 Å². The number of carboxylic acids is 1. The molecule has 178 valence electrons. The fourth-order valence-electron chi connectivity index (χ4n) is 3.98. The summed E-state index contributed by atoms with van der Waals surface area (Å²) in [6.45, 7) is 6.58. The Morgan fingerprint density at radius 2 is 1.39 bits per heavy atom. The van der Waals surface area contributed by atoms with E-state index in [1.54, 1.807) is 42.5 Å². The van der Waals surface area contributed by atoms with Crippen LogP contribution in [0.4, 0.5) is 5.69 Å². The van der Waals surface area contributed by atoms with Crippen LogP contribution in [0, 0.1) is 4.91 Å². The monoisotopic (exact) mass is 560 g/mol. The summed E-state index contributed by atoms with van der Waals surface area (Å²) in [7, 11) is 0. The fraction of sp³-hybridized carbons (Fsp3) is 0.444. The molecule has 0 unspecified atom stereocenters. The Morgan fingerprint density at radius 1 is 0.879 bits per heavy atom. The van der Waals surface area contributed by atoms with E-state index >= 15 is 0 Å². The van der Waals surface area contributed by atoms with Crippen molar-refractivity contribution in [2.75, 3.05) is 0 Å². The number of hydrogen-bond donors (Lipinski definition) is 1. The first-order valence-corrected chi connectivity index (χ1v) is 19.4. The molecule has 0 fully saturated rings. The topological polar surface area (TPSA) is 66.6 Å². The molecule has 5 nitrogen and oxygen atoms in total. The van der Waals surface area contributed by atoms with E-state index in [1.807, 2.05) is 18.2 Å². The molecule has 0 bridgehead atoms. The molecular formula is C27H38NO4Sn+. The molecule has 0 spiro atoms. The predicted molar refractivity (Wildman–Crippen MR) is 138 cm³/mol. The van der Waals surface area contributed by atoms with Crippen molar-refractivity contribution in [3.63, 3.8) is 0 Å². The van der Waals surface area contributed by atoms with Crippen LogP contribution in [0.1, 0.15) is 70.4 Å². The minimum atomic E-state index is -3.07. The molecule has 1 N–H and O–H groups in total. The summed E-state index contributed by atoms with van der Waals surface area (Å²) in [6.07, 6.45) is 8.36. The molecule has 0 heterocycles. The van der Waals surface area contributed by atoms with Gasteiger partial charge >= 0.3 is 203 Å². The first-order chi connectivity index (χ1) is 15.9. The fourth-order valence-corrected chi connectivity index (χ4v) is 16.8. The van der Waals surface area contributed by atoms with E-state index in [1.165, 1.54) is 0 Å². The second-order valence-electron chi connectivity index (χ2n) is 8.66. The Morgan fingerprint density at radius 3 is 1.85 bits per heavy atom. The van der Waals surface area contributed by atoms with Crippen LogP contribution in [0.2, 0.25) is 13.3 Å². The van der Waals surface area contributed by atoms with Gasteiger partial charge in [0.25, 0.3) is 0 Å². The number of carbonyl (C=O) groups is 1. The van der Waals surface area contributed by atoms with Crippen LogP contribution in [0.5, 0.6) is 0 Å². The van der Waals surface area contributed by atoms with E-state index < -0.39 is 24.8 Å². The van der Waals surface area contributed by atoms with E-state index in [0.717, 1.165) is 62.3 Å². The molecule has 0 atom stereocenters. The zero-order chi connectivity index (χ0) is 24.1. The van der Waals surface area contributed by atoms with Crippen molar-refractivity contribution in [2.45, 2.75) is 72.6 Å². The van der Waals surface area contributed by atoms with Gasteiger partial charge in [-0.15, -0.1) is 0 Å². The van der Waals surface area contributed by atoms with Crippen LogP contribution in [0.25, 0.3) is 11.6 Å². The van der Waals surface area contributed by atoms with Gasteiger partial charge in [-0.3, -0.25) is 0 Å². The van der Waals surface area contributed by atoms with E-state index in [2.05, 4.69) is 20.8 Å². The van der Waals surface area contributed by atoms with Crippen molar-refractivity contribution >= 4 is 42.1 Å². The molecule has 0 radical (unpaired) electrons. The van der Waals surface area contributed by atoms with E-state index in [0.29, 0.717) is 11.3 Å². The third kappa shape index (κ3) is 8.61.